The standard InChI is InChI=1S/C18H18N2O/c1-13-7-9-14(10-8-13)12-19-20-18(21)17-11-16(17)15-5-3-2-4-6-15/h2-10,12,16-17H,11H2,1H3,(H,20,21)/b19-12+. The molecule has 3 heteroatoms. The number of carbonyl (C=O) groups excluding carboxylic acids is 1. The summed E-state index contributed by atoms with van der Waals surface area (Å²) in [5.74, 6) is 0.413. The first-order valence-corrected chi connectivity index (χ1v) is 7.18. The summed E-state index contributed by atoms with van der Waals surface area (Å²) in [6, 6.07) is 18.2. The molecule has 2 aromatic rings. The van der Waals surface area contributed by atoms with Crippen molar-refractivity contribution in [2.24, 2.45) is 11.0 Å². The van der Waals surface area contributed by atoms with E-state index < -0.39 is 0 Å². The summed E-state index contributed by atoms with van der Waals surface area (Å²) in [7, 11) is 0. The summed E-state index contributed by atoms with van der Waals surface area (Å²) in [6.45, 7) is 2.04. The molecule has 0 spiro atoms. The van der Waals surface area contributed by atoms with Crippen LogP contribution in [0.2, 0.25) is 0 Å². The Morgan fingerprint density at radius 2 is 1.86 bits per heavy atom. The number of aryl methyl sites for hydroxylation is 1. The molecule has 3 rings (SSSR count). The van der Waals surface area contributed by atoms with Crippen LogP contribution >= 0.6 is 0 Å². The molecule has 1 N–H and O–H groups in total. The second-order valence-electron chi connectivity index (χ2n) is 5.50. The highest BCUT2D eigenvalue weighted by Crippen LogP contribution is 2.47. The Hall–Kier alpha value is -2.42. The lowest BCUT2D eigenvalue weighted by Crippen LogP contribution is -2.20. The zero-order chi connectivity index (χ0) is 14.7. The number of nitrogens with zero attached hydrogens (tertiary/aromatic N) is 1. The van der Waals surface area contributed by atoms with E-state index in [4.69, 9.17) is 0 Å². The van der Waals surface area contributed by atoms with Crippen molar-refractivity contribution in [3.63, 3.8) is 0 Å². The van der Waals surface area contributed by atoms with E-state index in [0.717, 1.165) is 12.0 Å². The number of benzene rings is 2. The molecule has 1 fully saturated rings. The van der Waals surface area contributed by atoms with Gasteiger partial charge in [0.2, 0.25) is 5.91 Å². The summed E-state index contributed by atoms with van der Waals surface area (Å²) in [5.41, 5.74) is 6.07. The minimum absolute atomic E-state index is 0.00668. The maximum atomic E-state index is 12.0. The molecule has 3 nitrogen and oxygen atoms in total. The number of hydrogen-bond acceptors (Lipinski definition) is 2. The molecule has 0 bridgehead atoms. The van der Waals surface area contributed by atoms with Crippen LogP contribution in [0.5, 0.6) is 0 Å². The summed E-state index contributed by atoms with van der Waals surface area (Å²) in [5, 5.41) is 4.04. The van der Waals surface area contributed by atoms with E-state index in [1.54, 1.807) is 6.21 Å². The smallest absolute Gasteiger partial charge is 0.243 e. The van der Waals surface area contributed by atoms with Crippen LogP contribution in [0.25, 0.3) is 0 Å². The molecule has 21 heavy (non-hydrogen) atoms. The molecule has 106 valence electrons. The lowest BCUT2D eigenvalue weighted by Gasteiger charge is -2.00. The number of rotatable bonds is 4. The number of carbonyl (C=O) groups is 1. The lowest BCUT2D eigenvalue weighted by atomic mass is 10.1. The van der Waals surface area contributed by atoms with Gasteiger partial charge in [-0.25, -0.2) is 5.43 Å². The first-order chi connectivity index (χ1) is 10.2. The van der Waals surface area contributed by atoms with Crippen molar-refractivity contribution in [2.45, 2.75) is 19.3 Å². The van der Waals surface area contributed by atoms with Crippen molar-refractivity contribution < 1.29 is 4.79 Å². The predicted molar refractivity (Wildman–Crippen MR) is 84.2 cm³/mol. The van der Waals surface area contributed by atoms with Crippen molar-refractivity contribution in [2.75, 3.05) is 0 Å². The second-order valence-corrected chi connectivity index (χ2v) is 5.50. The van der Waals surface area contributed by atoms with Gasteiger partial charge in [0, 0.05) is 5.92 Å². The molecule has 0 aliphatic heterocycles. The summed E-state index contributed by atoms with van der Waals surface area (Å²) >= 11 is 0. The van der Waals surface area contributed by atoms with Crippen LogP contribution in [0.4, 0.5) is 0 Å². The number of hydrazone groups is 1. The van der Waals surface area contributed by atoms with Crippen LogP contribution in [0.15, 0.2) is 59.7 Å². The van der Waals surface area contributed by atoms with Crippen LogP contribution in [0, 0.1) is 12.8 Å². The van der Waals surface area contributed by atoms with Gasteiger partial charge < -0.3 is 0 Å². The molecule has 1 aliphatic rings. The first kappa shape index (κ1) is 13.6. The molecule has 2 atom stereocenters. The minimum atomic E-state index is 0.00668. The van der Waals surface area contributed by atoms with E-state index in [1.165, 1.54) is 11.1 Å². The molecular weight excluding hydrogens is 260 g/mol. The van der Waals surface area contributed by atoms with E-state index in [2.05, 4.69) is 22.7 Å². The molecule has 0 aromatic heterocycles. The third-order valence-corrected chi connectivity index (χ3v) is 3.82. The van der Waals surface area contributed by atoms with Gasteiger partial charge in [-0.1, -0.05) is 60.2 Å². The Balaban J connectivity index is 1.53. The van der Waals surface area contributed by atoms with Crippen LogP contribution in [0.3, 0.4) is 0 Å². The Kier molecular flexibility index (Phi) is 3.82. The first-order valence-electron chi connectivity index (χ1n) is 7.18. The fourth-order valence-corrected chi connectivity index (χ4v) is 2.46. The van der Waals surface area contributed by atoms with Gasteiger partial charge in [0.25, 0.3) is 0 Å². The van der Waals surface area contributed by atoms with Crippen LogP contribution in [-0.4, -0.2) is 12.1 Å². The molecule has 0 heterocycles. The van der Waals surface area contributed by atoms with Gasteiger partial charge in [0.05, 0.1) is 6.21 Å². The molecule has 0 radical (unpaired) electrons. The fourth-order valence-electron chi connectivity index (χ4n) is 2.46. The van der Waals surface area contributed by atoms with Gasteiger partial charge in [0.1, 0.15) is 0 Å². The Labute approximate surface area is 124 Å². The predicted octanol–water partition coefficient (Wildman–Crippen LogP) is 3.25. The Morgan fingerprint density at radius 3 is 2.57 bits per heavy atom. The van der Waals surface area contributed by atoms with Crippen LogP contribution < -0.4 is 5.43 Å². The topological polar surface area (TPSA) is 41.5 Å². The van der Waals surface area contributed by atoms with Crippen LogP contribution in [-0.2, 0) is 4.79 Å². The van der Waals surface area contributed by atoms with Crippen molar-refractivity contribution >= 4 is 12.1 Å². The zero-order valence-electron chi connectivity index (χ0n) is 12.0. The van der Waals surface area contributed by atoms with Crippen molar-refractivity contribution in [3.05, 3.63) is 71.3 Å². The van der Waals surface area contributed by atoms with Gasteiger partial charge in [-0.05, 0) is 30.4 Å². The maximum Gasteiger partial charge on any atom is 0.243 e. The normalized spacial score (nSPS) is 20.4. The highest BCUT2D eigenvalue weighted by molar-refractivity contribution is 5.85. The quantitative estimate of drug-likeness (QED) is 0.677. The Morgan fingerprint density at radius 1 is 1.14 bits per heavy atom. The van der Waals surface area contributed by atoms with E-state index in [9.17, 15) is 4.79 Å². The Bertz CT molecular complexity index is 647. The summed E-state index contributed by atoms with van der Waals surface area (Å²) in [6.07, 6.45) is 2.59. The highest BCUT2D eigenvalue weighted by Gasteiger charge is 2.43. The van der Waals surface area contributed by atoms with Crippen molar-refractivity contribution in [3.8, 4) is 0 Å². The summed E-state index contributed by atoms with van der Waals surface area (Å²) < 4.78 is 0. The molecular formula is C18H18N2O. The average molecular weight is 278 g/mol. The minimum Gasteiger partial charge on any atom is -0.273 e. The van der Waals surface area contributed by atoms with E-state index in [1.807, 2.05) is 49.4 Å². The lowest BCUT2D eigenvalue weighted by molar-refractivity contribution is -0.122. The molecule has 1 aliphatic carbocycles. The molecule has 2 aromatic carbocycles. The van der Waals surface area contributed by atoms with E-state index in [0.29, 0.717) is 5.92 Å². The van der Waals surface area contributed by atoms with Crippen molar-refractivity contribution in [1.29, 1.82) is 0 Å². The largest absolute Gasteiger partial charge is 0.273 e. The van der Waals surface area contributed by atoms with Gasteiger partial charge >= 0.3 is 0 Å². The van der Waals surface area contributed by atoms with Gasteiger partial charge in [-0.3, -0.25) is 4.79 Å². The van der Waals surface area contributed by atoms with Crippen LogP contribution in [0.1, 0.15) is 29.0 Å². The number of hydrogen-bond donors (Lipinski definition) is 1. The average Bonchev–Trinajstić information content (AvgIpc) is 3.31. The van der Waals surface area contributed by atoms with Gasteiger partial charge in [0.15, 0.2) is 0 Å². The molecule has 1 saturated carbocycles. The third kappa shape index (κ3) is 3.37. The monoisotopic (exact) mass is 278 g/mol. The zero-order valence-corrected chi connectivity index (χ0v) is 12.0. The SMILES string of the molecule is Cc1ccc(/C=N/NC(=O)C2CC2c2ccccc2)cc1. The maximum absolute atomic E-state index is 12.0. The van der Waals surface area contributed by atoms with E-state index >= 15 is 0 Å². The number of nitrogens with one attached hydrogen (secondary N) is 1. The molecule has 0 saturated heterocycles. The van der Waals surface area contributed by atoms with E-state index in [-0.39, 0.29) is 11.8 Å². The van der Waals surface area contributed by atoms with Gasteiger partial charge in [-0.2, -0.15) is 5.10 Å². The second kappa shape index (κ2) is 5.92. The summed E-state index contributed by atoms with van der Waals surface area (Å²) in [4.78, 5) is 12.0. The highest BCUT2D eigenvalue weighted by atomic mass is 16.2. The fraction of sp³-hybridized carbons (Fsp3) is 0.222. The third-order valence-electron chi connectivity index (χ3n) is 3.82. The molecule has 1 amide bonds. The molecule has 2 unspecified atom stereocenters. The van der Waals surface area contributed by atoms with Gasteiger partial charge in [-0.15, -0.1) is 0 Å². The number of amides is 1. The van der Waals surface area contributed by atoms with Crippen molar-refractivity contribution in [1.82, 2.24) is 5.43 Å².